The summed E-state index contributed by atoms with van der Waals surface area (Å²) in [7, 11) is 0. The molecule has 2 nitrogen and oxygen atoms in total. The van der Waals surface area contributed by atoms with E-state index in [-0.39, 0.29) is 0 Å². The molecule has 2 rings (SSSR count). The van der Waals surface area contributed by atoms with Gasteiger partial charge >= 0.3 is 0 Å². The van der Waals surface area contributed by atoms with Crippen LogP contribution in [0, 0.1) is 0 Å². The van der Waals surface area contributed by atoms with Gasteiger partial charge in [-0.1, -0.05) is 58.0 Å². The van der Waals surface area contributed by atoms with Crippen LogP contribution in [-0.2, 0) is 6.54 Å². The van der Waals surface area contributed by atoms with Gasteiger partial charge in [0.2, 0.25) is 0 Å². The lowest BCUT2D eigenvalue weighted by Gasteiger charge is -2.14. The van der Waals surface area contributed by atoms with Gasteiger partial charge in [0.15, 0.2) is 0 Å². The van der Waals surface area contributed by atoms with E-state index >= 15 is 0 Å². The zero-order valence-electron chi connectivity index (χ0n) is 13.4. The number of hydrogen-bond acceptors (Lipinski definition) is 2. The third-order valence-electron chi connectivity index (χ3n) is 3.41. The van der Waals surface area contributed by atoms with Gasteiger partial charge in [-0.15, -0.1) is 0 Å². The minimum absolute atomic E-state index is 0.454. The maximum Gasteiger partial charge on any atom is 0.130 e. The molecule has 0 aliphatic carbocycles. The number of para-hydroxylation sites is 1. The summed E-state index contributed by atoms with van der Waals surface area (Å²) >= 11 is 0. The number of ether oxygens (including phenoxy) is 1. The molecule has 0 amide bonds. The molecule has 0 atom stereocenters. The van der Waals surface area contributed by atoms with E-state index in [0.717, 1.165) is 18.0 Å². The third-order valence-corrected chi connectivity index (χ3v) is 3.41. The lowest BCUT2D eigenvalue weighted by atomic mass is 10.0. The van der Waals surface area contributed by atoms with Crippen molar-refractivity contribution >= 4 is 0 Å². The molecule has 0 fully saturated rings. The van der Waals surface area contributed by atoms with Crippen molar-refractivity contribution in [3.05, 3.63) is 59.7 Å². The predicted molar refractivity (Wildman–Crippen MR) is 89.0 cm³/mol. The molecule has 0 bridgehead atoms. The minimum atomic E-state index is 0.454. The van der Waals surface area contributed by atoms with Gasteiger partial charge in [0, 0.05) is 12.6 Å². The Morgan fingerprint density at radius 1 is 0.905 bits per heavy atom. The second-order valence-electron chi connectivity index (χ2n) is 5.97. The lowest BCUT2D eigenvalue weighted by molar-refractivity contribution is 0.472. The van der Waals surface area contributed by atoms with Crippen LogP contribution in [0.4, 0.5) is 0 Å². The highest BCUT2D eigenvalue weighted by atomic mass is 16.5. The van der Waals surface area contributed by atoms with Crippen LogP contribution in [0.2, 0.25) is 0 Å². The van der Waals surface area contributed by atoms with Crippen molar-refractivity contribution in [1.29, 1.82) is 0 Å². The summed E-state index contributed by atoms with van der Waals surface area (Å²) in [6, 6.07) is 17.0. The molecular formula is C19H25NO. The van der Waals surface area contributed by atoms with Crippen molar-refractivity contribution in [3.63, 3.8) is 0 Å². The monoisotopic (exact) mass is 283 g/mol. The van der Waals surface area contributed by atoms with Crippen LogP contribution in [0.5, 0.6) is 11.5 Å². The van der Waals surface area contributed by atoms with Gasteiger partial charge in [0.25, 0.3) is 0 Å². The molecule has 112 valence electrons. The van der Waals surface area contributed by atoms with Crippen LogP contribution in [0.1, 0.15) is 44.7 Å². The molecule has 0 radical (unpaired) electrons. The smallest absolute Gasteiger partial charge is 0.130 e. The van der Waals surface area contributed by atoms with Crippen molar-refractivity contribution < 1.29 is 4.74 Å². The molecule has 2 aromatic rings. The van der Waals surface area contributed by atoms with Crippen molar-refractivity contribution in [3.8, 4) is 11.5 Å². The molecule has 2 aromatic carbocycles. The molecule has 0 spiro atoms. The Balaban J connectivity index is 2.07. The molecule has 0 aliphatic heterocycles. The van der Waals surface area contributed by atoms with Gasteiger partial charge in [-0.2, -0.15) is 0 Å². The molecule has 0 saturated carbocycles. The summed E-state index contributed by atoms with van der Waals surface area (Å²) in [6.45, 7) is 9.56. The number of hydrogen-bond donors (Lipinski definition) is 1. The Bertz CT molecular complexity index is 558. The van der Waals surface area contributed by atoms with E-state index < -0.39 is 0 Å². The highest BCUT2D eigenvalue weighted by Crippen LogP contribution is 2.30. The largest absolute Gasteiger partial charge is 0.457 e. The topological polar surface area (TPSA) is 21.3 Å². The second kappa shape index (κ2) is 7.28. The van der Waals surface area contributed by atoms with Crippen molar-refractivity contribution in [2.75, 3.05) is 0 Å². The average Bonchev–Trinajstić information content (AvgIpc) is 2.47. The third kappa shape index (κ3) is 4.61. The summed E-state index contributed by atoms with van der Waals surface area (Å²) < 4.78 is 6.03. The first-order chi connectivity index (χ1) is 10.1. The van der Waals surface area contributed by atoms with Crippen molar-refractivity contribution in [1.82, 2.24) is 5.32 Å². The highest BCUT2D eigenvalue weighted by molar-refractivity contribution is 5.40. The molecule has 1 N–H and O–H groups in total. The van der Waals surface area contributed by atoms with Gasteiger partial charge in [-0.25, -0.2) is 0 Å². The maximum absolute atomic E-state index is 6.03. The number of benzene rings is 2. The normalized spacial score (nSPS) is 11.1. The minimum Gasteiger partial charge on any atom is -0.457 e. The van der Waals surface area contributed by atoms with E-state index in [1.807, 2.05) is 24.3 Å². The summed E-state index contributed by atoms with van der Waals surface area (Å²) in [5.41, 5.74) is 2.51. The Morgan fingerprint density at radius 3 is 2.19 bits per heavy atom. The van der Waals surface area contributed by atoms with E-state index in [0.29, 0.717) is 12.0 Å². The SMILES string of the molecule is CC(C)NCc1ccc(Oc2ccccc2C(C)C)cc1. The number of rotatable bonds is 6. The first-order valence-corrected chi connectivity index (χ1v) is 7.65. The van der Waals surface area contributed by atoms with E-state index in [1.54, 1.807) is 0 Å². The van der Waals surface area contributed by atoms with Gasteiger partial charge in [-0.3, -0.25) is 0 Å². The summed E-state index contributed by atoms with van der Waals surface area (Å²) in [5, 5.41) is 3.41. The molecule has 0 unspecified atom stereocenters. The standard InChI is InChI=1S/C19H25NO/c1-14(2)18-7-5-6-8-19(18)21-17-11-9-16(10-12-17)13-20-15(3)4/h5-12,14-15,20H,13H2,1-4H3. The number of nitrogens with one attached hydrogen (secondary N) is 1. The predicted octanol–water partition coefficient (Wildman–Crippen LogP) is 5.10. The van der Waals surface area contributed by atoms with Gasteiger partial charge in [0.1, 0.15) is 11.5 Å². The fraction of sp³-hybridized carbons (Fsp3) is 0.368. The Hall–Kier alpha value is -1.80. The molecule has 0 aromatic heterocycles. The maximum atomic E-state index is 6.03. The van der Waals surface area contributed by atoms with E-state index in [1.165, 1.54) is 11.1 Å². The summed E-state index contributed by atoms with van der Waals surface area (Å²) in [4.78, 5) is 0. The fourth-order valence-corrected chi connectivity index (χ4v) is 2.17. The van der Waals surface area contributed by atoms with Crippen LogP contribution in [0.3, 0.4) is 0 Å². The van der Waals surface area contributed by atoms with E-state index in [2.05, 4.69) is 57.3 Å². The Labute approximate surface area is 128 Å². The van der Waals surface area contributed by atoms with Crippen LogP contribution in [0.25, 0.3) is 0 Å². The van der Waals surface area contributed by atoms with Crippen LogP contribution < -0.4 is 10.1 Å². The Kier molecular flexibility index (Phi) is 5.40. The zero-order valence-corrected chi connectivity index (χ0v) is 13.4. The molecular weight excluding hydrogens is 258 g/mol. The van der Waals surface area contributed by atoms with Crippen molar-refractivity contribution in [2.45, 2.75) is 46.2 Å². The zero-order chi connectivity index (χ0) is 15.2. The van der Waals surface area contributed by atoms with Gasteiger partial charge < -0.3 is 10.1 Å². The lowest BCUT2D eigenvalue weighted by Crippen LogP contribution is -2.21. The molecule has 0 saturated heterocycles. The summed E-state index contributed by atoms with van der Waals surface area (Å²) in [5.74, 6) is 2.28. The Morgan fingerprint density at radius 2 is 1.57 bits per heavy atom. The van der Waals surface area contributed by atoms with Crippen LogP contribution in [-0.4, -0.2) is 6.04 Å². The first kappa shape index (κ1) is 15.6. The van der Waals surface area contributed by atoms with Gasteiger partial charge in [-0.05, 0) is 35.2 Å². The second-order valence-corrected chi connectivity index (χ2v) is 5.97. The molecule has 2 heteroatoms. The van der Waals surface area contributed by atoms with Crippen LogP contribution in [0.15, 0.2) is 48.5 Å². The fourth-order valence-electron chi connectivity index (χ4n) is 2.17. The first-order valence-electron chi connectivity index (χ1n) is 7.65. The van der Waals surface area contributed by atoms with E-state index in [4.69, 9.17) is 4.74 Å². The van der Waals surface area contributed by atoms with Crippen LogP contribution >= 0.6 is 0 Å². The highest BCUT2D eigenvalue weighted by Gasteiger charge is 2.07. The van der Waals surface area contributed by atoms with Gasteiger partial charge in [0.05, 0.1) is 0 Å². The molecule has 0 aliphatic rings. The molecule has 21 heavy (non-hydrogen) atoms. The average molecular weight is 283 g/mol. The van der Waals surface area contributed by atoms with E-state index in [9.17, 15) is 0 Å². The quantitative estimate of drug-likeness (QED) is 0.796. The summed E-state index contributed by atoms with van der Waals surface area (Å²) in [6.07, 6.45) is 0. The molecule has 0 heterocycles. The van der Waals surface area contributed by atoms with Crippen molar-refractivity contribution in [2.24, 2.45) is 0 Å².